The van der Waals surface area contributed by atoms with E-state index in [0.29, 0.717) is 46.6 Å². The molecule has 1 fully saturated rings. The fraction of sp³-hybridized carbons (Fsp3) is 0.407. The lowest BCUT2D eigenvalue weighted by molar-refractivity contribution is 0.218. The highest BCUT2D eigenvalue weighted by Gasteiger charge is 2.35. The fourth-order valence-corrected chi connectivity index (χ4v) is 6.82. The Morgan fingerprint density at radius 3 is 2.56 bits per heavy atom. The van der Waals surface area contributed by atoms with E-state index in [4.69, 9.17) is 0 Å². The molecule has 0 radical (unpaired) electrons. The lowest BCUT2D eigenvalue weighted by Gasteiger charge is -2.24. The molecule has 0 bridgehead atoms. The van der Waals surface area contributed by atoms with Crippen molar-refractivity contribution in [1.82, 2.24) is 29.9 Å². The summed E-state index contributed by atoms with van der Waals surface area (Å²) < 4.78 is 44.1. The zero-order chi connectivity index (χ0) is 27.5. The molecule has 2 N–H and O–H groups in total. The molecule has 1 saturated carbocycles. The van der Waals surface area contributed by atoms with Gasteiger partial charge in [0.05, 0.1) is 23.7 Å². The van der Waals surface area contributed by atoms with Crippen LogP contribution in [0.15, 0.2) is 47.5 Å². The molecule has 0 saturated heterocycles. The number of tetrazole rings is 1. The number of alkyl halides is 1. The summed E-state index contributed by atoms with van der Waals surface area (Å²) in [7, 11) is -2.37. The molecule has 2 aliphatic carbocycles. The van der Waals surface area contributed by atoms with Crippen molar-refractivity contribution in [2.45, 2.75) is 62.1 Å². The van der Waals surface area contributed by atoms with Gasteiger partial charge >= 0.3 is 0 Å². The topological polar surface area (TPSA) is 126 Å². The lowest BCUT2D eigenvalue weighted by atomic mass is 10.0. The number of rotatable bonds is 8. The van der Waals surface area contributed by atoms with Gasteiger partial charge in [-0.05, 0) is 92.3 Å². The second-order valence-corrected chi connectivity index (χ2v) is 12.8. The van der Waals surface area contributed by atoms with Crippen molar-refractivity contribution in [2.24, 2.45) is 7.05 Å². The van der Waals surface area contributed by atoms with Crippen molar-refractivity contribution in [2.75, 3.05) is 11.6 Å². The molecule has 1 atom stereocenters. The molecule has 0 amide bonds. The van der Waals surface area contributed by atoms with Gasteiger partial charge in [-0.15, -0.1) is 10.2 Å². The lowest BCUT2D eigenvalue weighted by Crippen LogP contribution is -2.36. The number of benzene rings is 2. The molecule has 2 aromatic carbocycles. The third-order valence-electron chi connectivity index (χ3n) is 7.28. The highest BCUT2D eigenvalue weighted by molar-refractivity contribution is 7.89. The van der Waals surface area contributed by atoms with Crippen molar-refractivity contribution in [3.63, 3.8) is 0 Å². The van der Waals surface area contributed by atoms with Gasteiger partial charge in [-0.25, -0.2) is 17.5 Å². The Kier molecular flexibility index (Phi) is 6.16. The summed E-state index contributed by atoms with van der Waals surface area (Å²) >= 11 is 0. The van der Waals surface area contributed by atoms with Crippen LogP contribution in [0, 0.1) is 0 Å². The Morgan fingerprint density at radius 2 is 1.92 bits per heavy atom. The van der Waals surface area contributed by atoms with Gasteiger partial charge in [0.25, 0.3) is 0 Å². The number of anilines is 1. The molecule has 204 valence electrons. The van der Waals surface area contributed by atoms with Gasteiger partial charge in [-0.3, -0.25) is 15.3 Å². The van der Waals surface area contributed by atoms with Gasteiger partial charge in [0, 0.05) is 40.7 Å². The Morgan fingerprint density at radius 1 is 1.18 bits per heavy atom. The Hall–Kier alpha value is -3.48. The van der Waals surface area contributed by atoms with Crippen LogP contribution in [0.3, 0.4) is 0 Å². The largest absolute Gasteiger partial charge is 0.288 e. The molecule has 10 nitrogen and oxygen atoms in total. The first-order valence-electron chi connectivity index (χ1n) is 12.9. The molecule has 0 unspecified atom stereocenters. The average molecular weight is 552 g/mol. The predicted octanol–water partition coefficient (Wildman–Crippen LogP) is 3.69. The second kappa shape index (κ2) is 9.32. The van der Waals surface area contributed by atoms with Gasteiger partial charge in [-0.2, -0.15) is 4.80 Å². The molecule has 2 aromatic heterocycles. The Labute approximate surface area is 225 Å². The van der Waals surface area contributed by atoms with Crippen molar-refractivity contribution >= 4 is 26.5 Å². The normalized spacial score (nSPS) is 17.5. The van der Waals surface area contributed by atoms with Crippen LogP contribution in [0.2, 0.25) is 0 Å². The Bertz CT molecular complexity index is 1660. The molecule has 2 aliphatic rings. The van der Waals surface area contributed by atoms with Gasteiger partial charge in [0.1, 0.15) is 5.67 Å². The van der Waals surface area contributed by atoms with E-state index in [1.54, 1.807) is 37.5 Å². The van der Waals surface area contributed by atoms with Gasteiger partial charge in [0.15, 0.2) is 0 Å². The number of sulfonamides is 1. The molecule has 6 rings (SSSR count). The quantitative estimate of drug-likeness (QED) is 0.318. The van der Waals surface area contributed by atoms with E-state index in [-0.39, 0.29) is 17.5 Å². The average Bonchev–Trinajstić information content (AvgIpc) is 3.52. The summed E-state index contributed by atoms with van der Waals surface area (Å²) in [4.78, 5) is 6.12. The third kappa shape index (κ3) is 5.11. The number of fused-ring (bicyclic) bond motifs is 2. The van der Waals surface area contributed by atoms with E-state index in [1.165, 1.54) is 23.7 Å². The van der Waals surface area contributed by atoms with Crippen LogP contribution in [-0.2, 0) is 29.9 Å². The maximum atomic E-state index is 14.3. The first kappa shape index (κ1) is 25.8. The van der Waals surface area contributed by atoms with Gasteiger partial charge < -0.3 is 0 Å². The number of aromatic nitrogens is 5. The molecular weight excluding hydrogens is 521 g/mol. The molecular formula is C27H30FN7O3S. The summed E-state index contributed by atoms with van der Waals surface area (Å²) in [6.45, 7) is 2.33. The molecule has 12 heteroatoms. The summed E-state index contributed by atoms with van der Waals surface area (Å²) in [6.07, 6.45) is 4.55. The van der Waals surface area contributed by atoms with Crippen LogP contribution in [0.5, 0.6) is 0 Å². The molecule has 0 aliphatic heterocycles. The molecule has 2 heterocycles. The highest BCUT2D eigenvalue weighted by Crippen LogP contribution is 2.42. The minimum atomic E-state index is -4.06. The smallest absolute Gasteiger partial charge is 0.241 e. The molecule has 39 heavy (non-hydrogen) atoms. The van der Waals surface area contributed by atoms with Gasteiger partial charge in [-0.1, -0.05) is 0 Å². The van der Waals surface area contributed by atoms with Crippen molar-refractivity contribution in [3.8, 4) is 11.4 Å². The van der Waals surface area contributed by atoms with Crippen LogP contribution in [0.25, 0.3) is 22.2 Å². The van der Waals surface area contributed by atoms with E-state index in [1.807, 2.05) is 12.1 Å². The van der Waals surface area contributed by atoms with Crippen LogP contribution in [0.1, 0.15) is 49.4 Å². The number of pyridine rings is 1. The number of hydrogen-bond donors (Lipinski definition) is 2. The third-order valence-corrected chi connectivity index (χ3v) is 8.81. The van der Waals surface area contributed by atoms with Crippen molar-refractivity contribution in [3.05, 3.63) is 59.4 Å². The number of hydrogen-bond acceptors (Lipinski definition) is 8. The number of halogens is 1. The minimum Gasteiger partial charge on any atom is -0.288 e. The summed E-state index contributed by atoms with van der Waals surface area (Å²) in [5.74, 6) is 0.822. The summed E-state index contributed by atoms with van der Waals surface area (Å²) in [5.41, 5.74) is 1.95. The van der Waals surface area contributed by atoms with Crippen molar-refractivity contribution < 1.29 is 18.0 Å². The number of nitrogens with one attached hydrogen (secondary N) is 1. The fourth-order valence-electron chi connectivity index (χ4n) is 5.14. The van der Waals surface area contributed by atoms with E-state index in [9.17, 15) is 18.0 Å². The summed E-state index contributed by atoms with van der Waals surface area (Å²) in [5, 5.41) is 25.7. The second-order valence-electron chi connectivity index (χ2n) is 11.0. The number of nitrogens with zero attached hydrogens (tertiary/aromatic N) is 6. The zero-order valence-corrected chi connectivity index (χ0v) is 22.8. The zero-order valence-electron chi connectivity index (χ0n) is 22.0. The maximum absolute atomic E-state index is 14.3. The maximum Gasteiger partial charge on any atom is 0.241 e. The first-order chi connectivity index (χ1) is 18.5. The van der Waals surface area contributed by atoms with Gasteiger partial charge in [0.2, 0.25) is 15.8 Å². The van der Waals surface area contributed by atoms with Crippen LogP contribution >= 0.6 is 0 Å². The van der Waals surface area contributed by atoms with Crippen LogP contribution < -0.4 is 9.79 Å². The van der Waals surface area contributed by atoms with E-state index >= 15 is 0 Å². The van der Waals surface area contributed by atoms with E-state index < -0.39 is 15.7 Å². The molecule has 4 aromatic rings. The molecule has 0 spiro atoms. The summed E-state index contributed by atoms with van der Waals surface area (Å²) in [6, 6.07) is 10.6. The van der Waals surface area contributed by atoms with E-state index in [0.717, 1.165) is 29.7 Å². The number of hydroxylamine groups is 1. The predicted molar refractivity (Wildman–Crippen MR) is 144 cm³/mol. The van der Waals surface area contributed by atoms with Crippen LogP contribution in [0.4, 0.5) is 10.1 Å². The SMILES string of the molecule is Cn1nnc(-c2ccc(N(O)[C@@H]3Cc4cc5cnc(C6CC6)cc5c(S(=O)(=O)NCC(C)(C)F)c4C3)cc2)n1. The minimum absolute atomic E-state index is 0.156. The number of aryl methyl sites for hydroxylation is 1. The monoisotopic (exact) mass is 551 g/mol. The first-order valence-corrected chi connectivity index (χ1v) is 14.4. The Balaban J connectivity index is 1.35. The van der Waals surface area contributed by atoms with E-state index in [2.05, 4.69) is 25.1 Å². The van der Waals surface area contributed by atoms with Crippen molar-refractivity contribution in [1.29, 1.82) is 0 Å². The highest BCUT2D eigenvalue weighted by atomic mass is 32.2. The standard InChI is InChI=1S/C27H30FN7O3S/c1-27(2,28)15-30-39(37,38)25-22-12-21(11-18(22)10-19-14-29-24(13-23(19)25)16-4-5-16)35(36)20-8-6-17(7-9-20)26-31-33-34(3)32-26/h6-10,13-14,16,21,30,36H,4-5,11-12,15H2,1-3H3/t21-/m1/s1. The van der Waals surface area contributed by atoms with Crippen LogP contribution in [-0.4, -0.2) is 57.1 Å².